The molecular weight excluding hydrogens is 430 g/mol. The number of anilines is 3. The van der Waals surface area contributed by atoms with E-state index in [2.05, 4.69) is 119 Å². The maximum absolute atomic E-state index is 9.11. The largest absolute Gasteiger partial charge is 0.311 e. The average Bonchev–Trinajstić information content (AvgIpc) is 2.92. The molecule has 1 radical (unpaired) electrons. The average molecular weight is 451 g/mol. The van der Waals surface area contributed by atoms with E-state index in [0.717, 1.165) is 16.9 Å². The summed E-state index contributed by atoms with van der Waals surface area (Å²) in [7, 11) is -1.13. The molecule has 0 bridgehead atoms. The van der Waals surface area contributed by atoms with E-state index < -0.39 is 8.80 Å². The molecule has 0 atom stereocenters. The van der Waals surface area contributed by atoms with Crippen molar-refractivity contribution in [3.05, 3.63) is 127 Å². The molecule has 0 spiro atoms. The molecule has 5 aromatic rings. The van der Waals surface area contributed by atoms with Crippen molar-refractivity contribution in [2.45, 2.75) is 0 Å². The molecule has 6 rings (SSSR count). The van der Waals surface area contributed by atoms with Gasteiger partial charge in [-0.25, -0.2) is 0 Å². The smallest absolute Gasteiger partial charge is 0.160 e. The number of nitriles is 1. The van der Waals surface area contributed by atoms with Crippen LogP contribution in [0.25, 0.3) is 11.3 Å². The van der Waals surface area contributed by atoms with Crippen LogP contribution in [-0.4, -0.2) is 13.8 Å². The van der Waals surface area contributed by atoms with Gasteiger partial charge in [0.05, 0.1) is 11.3 Å². The number of nitrogens with zero attached hydrogens (tertiary/aromatic N) is 3. The number of benzene rings is 4. The molecule has 4 aromatic carbocycles. The molecule has 0 aliphatic carbocycles. The summed E-state index contributed by atoms with van der Waals surface area (Å²) >= 11 is 0. The summed E-state index contributed by atoms with van der Waals surface area (Å²) in [4.78, 5) is 6.88. The molecule has 159 valence electrons. The molecule has 34 heavy (non-hydrogen) atoms. The predicted molar refractivity (Wildman–Crippen MR) is 140 cm³/mol. The Labute approximate surface area is 200 Å². The number of rotatable bonds is 3. The normalized spacial score (nSPS) is 12.5. The lowest BCUT2D eigenvalue weighted by atomic mass is 10.1. The number of hydrogen-bond donors (Lipinski definition) is 0. The highest BCUT2D eigenvalue weighted by Gasteiger charge is 2.33. The quantitative estimate of drug-likeness (QED) is 0.359. The first-order chi connectivity index (χ1) is 16.8. The molecule has 0 saturated heterocycles. The van der Waals surface area contributed by atoms with Gasteiger partial charge in [-0.1, -0.05) is 84.0 Å². The first-order valence-corrected chi connectivity index (χ1v) is 12.7. The highest BCUT2D eigenvalue weighted by Crippen LogP contribution is 2.37. The third-order valence-corrected chi connectivity index (χ3v) is 9.02. The highest BCUT2D eigenvalue weighted by atomic mass is 28.3. The fourth-order valence-corrected chi connectivity index (χ4v) is 7.53. The van der Waals surface area contributed by atoms with Gasteiger partial charge in [0, 0.05) is 28.8 Å². The predicted octanol–water partition coefficient (Wildman–Crippen LogP) is 4.92. The number of aromatic nitrogens is 1. The summed E-state index contributed by atoms with van der Waals surface area (Å²) in [6, 6.07) is 42.8. The summed E-state index contributed by atoms with van der Waals surface area (Å²) in [5.74, 6) is 0. The zero-order valence-corrected chi connectivity index (χ0v) is 19.4. The molecule has 3 nitrogen and oxygen atoms in total. The van der Waals surface area contributed by atoms with Crippen LogP contribution in [0.1, 0.15) is 5.56 Å². The van der Waals surface area contributed by atoms with Crippen molar-refractivity contribution in [3.8, 4) is 17.3 Å². The Balaban J connectivity index is 1.53. The van der Waals surface area contributed by atoms with Crippen molar-refractivity contribution in [2.75, 3.05) is 4.90 Å². The fourth-order valence-electron chi connectivity index (χ4n) is 4.66. The van der Waals surface area contributed by atoms with E-state index >= 15 is 0 Å². The molecule has 0 saturated carbocycles. The molecule has 1 aromatic heterocycles. The van der Waals surface area contributed by atoms with Gasteiger partial charge in [0.15, 0.2) is 8.80 Å². The third kappa shape index (κ3) is 3.40. The van der Waals surface area contributed by atoms with E-state index in [1.165, 1.54) is 26.9 Å². The van der Waals surface area contributed by atoms with Gasteiger partial charge in [0.2, 0.25) is 0 Å². The van der Waals surface area contributed by atoms with E-state index in [1.54, 1.807) is 6.20 Å². The van der Waals surface area contributed by atoms with E-state index in [1.807, 2.05) is 12.1 Å². The van der Waals surface area contributed by atoms with Crippen molar-refractivity contribution >= 4 is 41.4 Å². The lowest BCUT2D eigenvalue weighted by molar-refractivity contribution is 1.27. The lowest BCUT2D eigenvalue weighted by Crippen LogP contribution is -2.57. The van der Waals surface area contributed by atoms with E-state index in [9.17, 15) is 0 Å². The molecule has 4 heteroatoms. The molecule has 1 aliphatic heterocycles. The maximum Gasteiger partial charge on any atom is 0.160 e. The van der Waals surface area contributed by atoms with Gasteiger partial charge in [-0.3, -0.25) is 4.98 Å². The van der Waals surface area contributed by atoms with Crippen LogP contribution in [0.3, 0.4) is 0 Å². The first-order valence-electron chi connectivity index (χ1n) is 11.2. The number of pyridine rings is 1. The van der Waals surface area contributed by atoms with Crippen molar-refractivity contribution in [1.82, 2.24) is 4.98 Å². The zero-order chi connectivity index (χ0) is 22.9. The molecule has 0 amide bonds. The summed E-state index contributed by atoms with van der Waals surface area (Å²) < 4.78 is 0. The third-order valence-electron chi connectivity index (χ3n) is 6.18. The highest BCUT2D eigenvalue weighted by molar-refractivity contribution is 6.98. The summed E-state index contributed by atoms with van der Waals surface area (Å²) in [5, 5.41) is 13.3. The topological polar surface area (TPSA) is 39.9 Å². The lowest BCUT2D eigenvalue weighted by Gasteiger charge is -2.37. The molecule has 0 fully saturated rings. The Kier molecular flexibility index (Phi) is 5.03. The van der Waals surface area contributed by atoms with Crippen molar-refractivity contribution in [3.63, 3.8) is 0 Å². The number of para-hydroxylation sites is 2. The van der Waals surface area contributed by atoms with Gasteiger partial charge < -0.3 is 4.90 Å². The Bertz CT molecular complexity index is 1470. The van der Waals surface area contributed by atoms with Gasteiger partial charge in [-0.05, 0) is 46.8 Å². The molecular formula is C30H20N3Si. The minimum Gasteiger partial charge on any atom is -0.311 e. The fraction of sp³-hybridized carbons (Fsp3) is 0. The number of fused-ring (bicyclic) bond motifs is 2. The van der Waals surface area contributed by atoms with Gasteiger partial charge in [0.1, 0.15) is 6.07 Å². The first kappa shape index (κ1) is 20.2. The van der Waals surface area contributed by atoms with E-state index in [-0.39, 0.29) is 0 Å². The molecule has 1 aliphatic rings. The Hall–Kier alpha value is -4.46. The summed E-state index contributed by atoms with van der Waals surface area (Å²) in [6.45, 7) is 0. The van der Waals surface area contributed by atoms with Crippen LogP contribution in [0.2, 0.25) is 0 Å². The minimum absolute atomic E-state index is 0.564. The molecule has 2 heterocycles. The van der Waals surface area contributed by atoms with Crippen molar-refractivity contribution < 1.29 is 0 Å². The summed E-state index contributed by atoms with van der Waals surface area (Å²) in [5.41, 5.74) is 5.99. The van der Waals surface area contributed by atoms with E-state index in [0.29, 0.717) is 5.56 Å². The SMILES string of the molecule is N#Cc1ccc(-c2cccc(N3c4ccccc4[Si](c4ccccc4)c4ccccc43)c2)nc1. The monoisotopic (exact) mass is 450 g/mol. The van der Waals surface area contributed by atoms with Crippen LogP contribution >= 0.6 is 0 Å². The Morgan fingerprint density at radius 1 is 0.676 bits per heavy atom. The zero-order valence-electron chi connectivity index (χ0n) is 18.4. The Morgan fingerprint density at radius 2 is 1.35 bits per heavy atom. The van der Waals surface area contributed by atoms with Crippen LogP contribution in [-0.2, 0) is 0 Å². The second-order valence-electron chi connectivity index (χ2n) is 8.20. The van der Waals surface area contributed by atoms with Gasteiger partial charge >= 0.3 is 0 Å². The van der Waals surface area contributed by atoms with Crippen molar-refractivity contribution in [2.24, 2.45) is 0 Å². The number of hydrogen-bond acceptors (Lipinski definition) is 3. The summed E-state index contributed by atoms with van der Waals surface area (Å²) in [6.07, 6.45) is 1.63. The molecule has 0 unspecified atom stereocenters. The van der Waals surface area contributed by atoms with E-state index in [4.69, 9.17) is 5.26 Å². The van der Waals surface area contributed by atoms with Gasteiger partial charge in [-0.2, -0.15) is 5.26 Å². The van der Waals surface area contributed by atoms with Crippen LogP contribution in [0.5, 0.6) is 0 Å². The maximum atomic E-state index is 9.11. The van der Waals surface area contributed by atoms with Crippen molar-refractivity contribution in [1.29, 1.82) is 5.26 Å². The van der Waals surface area contributed by atoms with Crippen LogP contribution in [0, 0.1) is 11.3 Å². The minimum atomic E-state index is -1.13. The van der Waals surface area contributed by atoms with Crippen LogP contribution in [0.15, 0.2) is 121 Å². The Morgan fingerprint density at radius 3 is 2.00 bits per heavy atom. The molecule has 0 N–H and O–H groups in total. The van der Waals surface area contributed by atoms with Gasteiger partial charge in [0.25, 0.3) is 0 Å². The second kappa shape index (κ2) is 8.47. The van der Waals surface area contributed by atoms with Gasteiger partial charge in [-0.15, -0.1) is 0 Å². The van der Waals surface area contributed by atoms with Crippen LogP contribution in [0.4, 0.5) is 17.1 Å². The second-order valence-corrected chi connectivity index (χ2v) is 10.6. The standard InChI is InChI=1S/C30H20N3Si/c31-20-22-17-18-26(32-21-22)23-9-8-10-24(19-23)33-27-13-4-6-15-29(27)34(25-11-2-1-3-12-25)30-16-7-5-14-28(30)33/h1-19,21H. The van der Waals surface area contributed by atoms with Crippen LogP contribution < -0.4 is 20.5 Å².